The van der Waals surface area contributed by atoms with E-state index in [0.717, 1.165) is 55.6 Å². The van der Waals surface area contributed by atoms with Gasteiger partial charge in [-0.25, -0.2) is 0 Å². The molecule has 2 aliphatic rings. The number of rotatable bonds is 1. The second kappa shape index (κ2) is 5.21. The van der Waals surface area contributed by atoms with Crippen LogP contribution in [0.2, 0.25) is 0 Å². The van der Waals surface area contributed by atoms with Gasteiger partial charge in [0.05, 0.1) is 11.9 Å². The van der Waals surface area contributed by atoms with E-state index in [9.17, 15) is 5.11 Å². The summed E-state index contributed by atoms with van der Waals surface area (Å²) in [5.41, 5.74) is 3.51. The Kier molecular flexibility index (Phi) is 3.31. The fraction of sp³-hybridized carbons (Fsp3) is 0.500. The van der Waals surface area contributed by atoms with Crippen LogP contribution in [0.5, 0.6) is 0 Å². The first kappa shape index (κ1) is 14.0. The number of hydrogen-bond acceptors (Lipinski definition) is 3. The maximum absolute atomic E-state index is 11.9. The van der Waals surface area contributed by atoms with Crippen molar-refractivity contribution in [1.29, 1.82) is 0 Å². The standard InChI is InChI=1S/C18H23N3O/c1-21-10-8-15(9-11-21)18(22)16-5-3-2-4-13(16)6-7-14-12-19-20-17(14)18/h2-5,12,15,22H,6-11H2,1H3,(H,19,20). The van der Waals surface area contributed by atoms with Crippen molar-refractivity contribution >= 4 is 0 Å². The fourth-order valence-electron chi connectivity index (χ4n) is 4.20. The van der Waals surface area contributed by atoms with Crippen molar-refractivity contribution in [3.05, 3.63) is 52.8 Å². The molecule has 2 heterocycles. The molecule has 1 aromatic carbocycles. The van der Waals surface area contributed by atoms with E-state index in [-0.39, 0.29) is 5.92 Å². The summed E-state index contributed by atoms with van der Waals surface area (Å²) in [6.07, 6.45) is 5.83. The quantitative estimate of drug-likeness (QED) is 0.847. The molecule has 0 saturated carbocycles. The number of aryl methyl sites for hydroxylation is 2. The SMILES string of the molecule is CN1CCC(C2(O)c3ccccc3CCc3cn[nH]c32)CC1. The number of nitrogens with one attached hydrogen (secondary N) is 1. The lowest BCUT2D eigenvalue weighted by Gasteiger charge is -2.41. The van der Waals surface area contributed by atoms with Crippen LogP contribution in [0.15, 0.2) is 30.5 Å². The molecule has 1 unspecified atom stereocenters. The second-order valence-corrected chi connectivity index (χ2v) is 6.77. The van der Waals surface area contributed by atoms with E-state index in [0.29, 0.717) is 0 Å². The number of nitrogens with zero attached hydrogens (tertiary/aromatic N) is 2. The van der Waals surface area contributed by atoms with Gasteiger partial charge < -0.3 is 10.0 Å². The van der Waals surface area contributed by atoms with E-state index in [2.05, 4.69) is 40.3 Å². The van der Waals surface area contributed by atoms with Gasteiger partial charge in [0.1, 0.15) is 5.60 Å². The number of hydrogen-bond donors (Lipinski definition) is 2. The predicted octanol–water partition coefficient (Wildman–Crippen LogP) is 2.09. The Bertz CT molecular complexity index is 672. The van der Waals surface area contributed by atoms with Gasteiger partial charge in [-0.2, -0.15) is 5.10 Å². The van der Waals surface area contributed by atoms with Gasteiger partial charge in [-0.3, -0.25) is 5.10 Å². The van der Waals surface area contributed by atoms with Crippen LogP contribution in [0.3, 0.4) is 0 Å². The lowest BCUT2D eigenvalue weighted by atomic mass is 9.73. The molecule has 2 aromatic rings. The fourth-order valence-corrected chi connectivity index (χ4v) is 4.20. The summed E-state index contributed by atoms with van der Waals surface area (Å²) in [5, 5.41) is 19.2. The van der Waals surface area contributed by atoms with E-state index in [1.54, 1.807) is 0 Å². The molecule has 1 aromatic heterocycles. The number of H-pyrrole nitrogens is 1. The van der Waals surface area contributed by atoms with Crippen molar-refractivity contribution in [2.24, 2.45) is 5.92 Å². The maximum atomic E-state index is 11.9. The lowest BCUT2D eigenvalue weighted by molar-refractivity contribution is -0.0148. The zero-order chi connectivity index (χ0) is 15.2. The highest BCUT2D eigenvalue weighted by atomic mass is 16.3. The van der Waals surface area contributed by atoms with Crippen LogP contribution in [0.4, 0.5) is 0 Å². The first-order valence-corrected chi connectivity index (χ1v) is 8.21. The van der Waals surface area contributed by atoms with Crippen molar-refractivity contribution in [2.75, 3.05) is 20.1 Å². The van der Waals surface area contributed by atoms with Gasteiger partial charge in [0.2, 0.25) is 0 Å². The Hall–Kier alpha value is -1.65. The van der Waals surface area contributed by atoms with E-state index < -0.39 is 5.60 Å². The van der Waals surface area contributed by atoms with Crippen molar-refractivity contribution in [2.45, 2.75) is 31.3 Å². The molecular formula is C18H23N3O. The summed E-state index contributed by atoms with van der Waals surface area (Å²) in [5.74, 6) is 0.238. The molecule has 1 aliphatic carbocycles. The van der Waals surface area contributed by atoms with Gasteiger partial charge in [-0.15, -0.1) is 0 Å². The Labute approximate surface area is 131 Å². The number of aromatic nitrogens is 2. The average Bonchev–Trinajstić information content (AvgIpc) is 2.98. The van der Waals surface area contributed by atoms with E-state index >= 15 is 0 Å². The molecule has 4 rings (SSSR count). The summed E-state index contributed by atoms with van der Waals surface area (Å²) in [6.45, 7) is 2.08. The van der Waals surface area contributed by atoms with Gasteiger partial charge in [0, 0.05) is 5.92 Å². The van der Waals surface area contributed by atoms with Gasteiger partial charge in [-0.1, -0.05) is 24.3 Å². The van der Waals surface area contributed by atoms with Crippen LogP contribution in [-0.4, -0.2) is 40.3 Å². The molecular weight excluding hydrogens is 274 g/mol. The number of aliphatic hydroxyl groups is 1. The van der Waals surface area contributed by atoms with Crippen LogP contribution in [0.1, 0.15) is 35.2 Å². The molecule has 0 spiro atoms. The minimum Gasteiger partial charge on any atom is -0.378 e. The Morgan fingerprint density at radius 2 is 1.91 bits per heavy atom. The lowest BCUT2D eigenvalue weighted by Crippen LogP contribution is -2.44. The summed E-state index contributed by atoms with van der Waals surface area (Å²) in [7, 11) is 2.16. The molecule has 1 fully saturated rings. The minimum atomic E-state index is -0.930. The molecule has 4 heteroatoms. The Morgan fingerprint density at radius 1 is 1.18 bits per heavy atom. The predicted molar refractivity (Wildman–Crippen MR) is 85.7 cm³/mol. The molecule has 1 saturated heterocycles. The third-order valence-corrected chi connectivity index (χ3v) is 5.50. The molecule has 1 atom stereocenters. The maximum Gasteiger partial charge on any atom is 0.134 e. The third kappa shape index (κ3) is 2.02. The number of piperidine rings is 1. The van der Waals surface area contributed by atoms with Crippen LogP contribution >= 0.6 is 0 Å². The number of aromatic amines is 1. The Balaban J connectivity index is 1.86. The van der Waals surface area contributed by atoms with Crippen LogP contribution in [-0.2, 0) is 18.4 Å². The van der Waals surface area contributed by atoms with E-state index in [4.69, 9.17) is 0 Å². The highest BCUT2D eigenvalue weighted by molar-refractivity contribution is 5.44. The molecule has 116 valence electrons. The molecule has 1 aliphatic heterocycles. The molecule has 22 heavy (non-hydrogen) atoms. The zero-order valence-electron chi connectivity index (χ0n) is 13.0. The summed E-state index contributed by atoms with van der Waals surface area (Å²) < 4.78 is 0. The van der Waals surface area contributed by atoms with E-state index in [1.165, 1.54) is 5.56 Å². The van der Waals surface area contributed by atoms with Crippen LogP contribution < -0.4 is 0 Å². The first-order chi connectivity index (χ1) is 10.7. The largest absolute Gasteiger partial charge is 0.378 e. The topological polar surface area (TPSA) is 52.1 Å². The molecule has 4 nitrogen and oxygen atoms in total. The smallest absolute Gasteiger partial charge is 0.134 e. The van der Waals surface area contributed by atoms with Crippen LogP contribution in [0, 0.1) is 5.92 Å². The van der Waals surface area contributed by atoms with Gasteiger partial charge in [0.25, 0.3) is 0 Å². The average molecular weight is 297 g/mol. The summed E-state index contributed by atoms with van der Waals surface area (Å²) >= 11 is 0. The molecule has 0 radical (unpaired) electrons. The highest BCUT2D eigenvalue weighted by Gasteiger charge is 2.45. The van der Waals surface area contributed by atoms with Gasteiger partial charge in [0.15, 0.2) is 0 Å². The zero-order valence-corrected chi connectivity index (χ0v) is 13.0. The number of fused-ring (bicyclic) bond motifs is 2. The van der Waals surface area contributed by atoms with Crippen molar-refractivity contribution in [3.8, 4) is 0 Å². The second-order valence-electron chi connectivity index (χ2n) is 6.77. The van der Waals surface area contributed by atoms with Crippen molar-refractivity contribution in [3.63, 3.8) is 0 Å². The van der Waals surface area contributed by atoms with Gasteiger partial charge >= 0.3 is 0 Å². The van der Waals surface area contributed by atoms with E-state index in [1.807, 2.05) is 12.3 Å². The first-order valence-electron chi connectivity index (χ1n) is 8.21. The Morgan fingerprint density at radius 3 is 2.73 bits per heavy atom. The molecule has 0 amide bonds. The van der Waals surface area contributed by atoms with Crippen molar-refractivity contribution < 1.29 is 5.11 Å². The molecule has 2 N–H and O–H groups in total. The number of benzene rings is 1. The normalized spacial score (nSPS) is 26.3. The van der Waals surface area contributed by atoms with Crippen LogP contribution in [0.25, 0.3) is 0 Å². The summed E-state index contributed by atoms with van der Waals surface area (Å²) in [6, 6.07) is 8.38. The van der Waals surface area contributed by atoms with Gasteiger partial charge in [-0.05, 0) is 62.5 Å². The highest BCUT2D eigenvalue weighted by Crippen LogP contribution is 2.45. The third-order valence-electron chi connectivity index (χ3n) is 5.50. The number of likely N-dealkylation sites (tertiary alicyclic amines) is 1. The van der Waals surface area contributed by atoms with Crippen molar-refractivity contribution in [1.82, 2.24) is 15.1 Å². The summed E-state index contributed by atoms with van der Waals surface area (Å²) in [4.78, 5) is 2.34. The monoisotopic (exact) mass is 297 g/mol. The minimum absolute atomic E-state index is 0.238. The molecule has 0 bridgehead atoms.